The molecule has 0 aromatic heterocycles. The SMILES string of the molecule is C=CCOC(=O)C[C@H](C(=O)N[C@@H](C)C(=O)O)C(C)C.C=CCOC(=O)N[C@H](C(=O)C[C@@H](C)C(=O)Nc1ccc(CO)cc1)C(C)C.Nc1ccc(CO)cc1. The van der Waals surface area contributed by atoms with Crippen molar-refractivity contribution in [1.29, 1.82) is 0 Å². The number of aliphatic hydroxyl groups excluding tert-OH is 2. The monoisotopic (exact) mass is 770 g/mol. The number of anilines is 2. The van der Waals surface area contributed by atoms with Crippen LogP contribution in [0.15, 0.2) is 73.8 Å². The summed E-state index contributed by atoms with van der Waals surface area (Å²) < 4.78 is 9.68. The van der Waals surface area contributed by atoms with Crippen molar-refractivity contribution >= 4 is 47.0 Å². The molecular formula is C40H58N4O11. The summed E-state index contributed by atoms with van der Waals surface area (Å²) in [5, 5.41) is 34.0. The van der Waals surface area contributed by atoms with Crippen LogP contribution in [0.1, 0.15) is 65.5 Å². The second-order valence-corrected chi connectivity index (χ2v) is 13.2. The van der Waals surface area contributed by atoms with Gasteiger partial charge in [0.15, 0.2) is 5.78 Å². The minimum absolute atomic E-state index is 0.00879. The smallest absolute Gasteiger partial charge is 0.408 e. The van der Waals surface area contributed by atoms with E-state index in [1.165, 1.54) is 19.1 Å². The highest BCUT2D eigenvalue weighted by atomic mass is 16.5. The molecule has 2 aromatic carbocycles. The molecule has 0 saturated heterocycles. The lowest BCUT2D eigenvalue weighted by Crippen LogP contribution is -2.45. The summed E-state index contributed by atoms with van der Waals surface area (Å²) in [4.78, 5) is 70.6. The summed E-state index contributed by atoms with van der Waals surface area (Å²) >= 11 is 0. The van der Waals surface area contributed by atoms with E-state index >= 15 is 0 Å². The van der Waals surface area contributed by atoms with Gasteiger partial charge in [-0.3, -0.25) is 24.0 Å². The number of Topliss-reactive ketones (excluding diaryl/α,β-unsaturated/α-hetero) is 1. The number of carbonyl (C=O) groups is 6. The molecule has 0 fully saturated rings. The number of amides is 3. The average Bonchev–Trinajstić information content (AvgIpc) is 3.14. The summed E-state index contributed by atoms with van der Waals surface area (Å²) in [5.74, 6) is -4.04. The first kappa shape index (κ1) is 49.5. The Hall–Kier alpha value is -5.54. The van der Waals surface area contributed by atoms with Crippen LogP contribution < -0.4 is 21.7 Å². The van der Waals surface area contributed by atoms with Crippen LogP contribution in [0.4, 0.5) is 16.2 Å². The number of hydrogen-bond donors (Lipinski definition) is 7. The number of hydrogen-bond acceptors (Lipinski definition) is 11. The van der Waals surface area contributed by atoms with Crippen LogP contribution in [0.3, 0.4) is 0 Å². The number of aliphatic carboxylic acids is 1. The van der Waals surface area contributed by atoms with Crippen molar-refractivity contribution < 1.29 is 53.6 Å². The van der Waals surface area contributed by atoms with Gasteiger partial charge >= 0.3 is 18.0 Å². The molecule has 0 saturated carbocycles. The Morgan fingerprint density at radius 3 is 1.69 bits per heavy atom. The summed E-state index contributed by atoms with van der Waals surface area (Å²) in [6.07, 6.45) is 2.10. The van der Waals surface area contributed by atoms with Gasteiger partial charge in [0.2, 0.25) is 11.8 Å². The third kappa shape index (κ3) is 21.1. The number of carbonyl (C=O) groups excluding carboxylic acids is 5. The Morgan fingerprint density at radius 1 is 0.727 bits per heavy atom. The van der Waals surface area contributed by atoms with E-state index in [1.54, 1.807) is 69.3 Å². The minimum Gasteiger partial charge on any atom is -0.480 e. The van der Waals surface area contributed by atoms with E-state index in [-0.39, 0.29) is 62.8 Å². The van der Waals surface area contributed by atoms with E-state index in [4.69, 9.17) is 30.5 Å². The molecule has 3 amide bonds. The van der Waals surface area contributed by atoms with Gasteiger partial charge in [-0.1, -0.05) is 84.2 Å². The lowest BCUT2D eigenvalue weighted by Gasteiger charge is -2.22. The molecule has 0 heterocycles. The van der Waals surface area contributed by atoms with Gasteiger partial charge in [0.25, 0.3) is 0 Å². The number of nitrogens with one attached hydrogen (secondary N) is 3. The quantitative estimate of drug-likeness (QED) is 0.0598. The fraction of sp³-hybridized carbons (Fsp3) is 0.450. The maximum Gasteiger partial charge on any atom is 0.408 e. The van der Waals surface area contributed by atoms with Gasteiger partial charge in [0.1, 0.15) is 19.3 Å². The van der Waals surface area contributed by atoms with Crippen LogP contribution in [0, 0.1) is 23.7 Å². The molecule has 55 heavy (non-hydrogen) atoms. The molecule has 15 heteroatoms. The molecule has 0 unspecified atom stereocenters. The molecule has 8 N–H and O–H groups in total. The maximum atomic E-state index is 12.5. The lowest BCUT2D eigenvalue weighted by molar-refractivity contribution is -0.147. The molecule has 2 rings (SSSR count). The van der Waals surface area contributed by atoms with Crippen molar-refractivity contribution in [3.05, 3.63) is 85.0 Å². The zero-order chi connectivity index (χ0) is 42.1. The number of ketones is 1. The molecule has 0 aliphatic heterocycles. The highest BCUT2D eigenvalue weighted by Gasteiger charge is 2.29. The van der Waals surface area contributed by atoms with Gasteiger partial charge in [-0.15, -0.1) is 0 Å². The van der Waals surface area contributed by atoms with Crippen LogP contribution in [0.2, 0.25) is 0 Å². The third-order valence-corrected chi connectivity index (χ3v) is 7.76. The molecule has 0 radical (unpaired) electrons. The molecule has 0 bridgehead atoms. The van der Waals surface area contributed by atoms with Crippen molar-refractivity contribution in [2.45, 2.75) is 79.7 Å². The van der Waals surface area contributed by atoms with Crippen molar-refractivity contribution in [2.75, 3.05) is 24.3 Å². The maximum absolute atomic E-state index is 12.5. The van der Waals surface area contributed by atoms with E-state index < -0.39 is 47.9 Å². The predicted molar refractivity (Wildman–Crippen MR) is 209 cm³/mol. The van der Waals surface area contributed by atoms with Gasteiger partial charge < -0.3 is 46.5 Å². The second kappa shape index (κ2) is 27.1. The first-order chi connectivity index (χ1) is 25.9. The first-order valence-electron chi connectivity index (χ1n) is 17.7. The normalized spacial score (nSPS) is 12.5. The standard InChI is InChI=1S/C20H28N2O5.C13H21NO5.C7H9NO/c1-5-10-27-20(26)22-18(13(2)3)17(24)11-14(4)19(25)21-16-8-6-15(12-23)7-9-16;1-5-6-19-11(15)7-10(8(2)3)12(16)14-9(4)13(17)18;8-7-3-1-6(5-9)2-4-7/h5-9,13-14,18,23H,1,10-12H2,2-4H3,(H,21,25)(H,22,26);5,8-10H,1,6-7H2,2-4H3,(H,14,16)(H,17,18);1-4,9H,5,8H2/t14-,18+;9-,10-;/m10./s1. The number of aliphatic hydroxyl groups is 2. The molecule has 0 aliphatic rings. The summed E-state index contributed by atoms with van der Waals surface area (Å²) in [6, 6.07) is 12.2. The van der Waals surface area contributed by atoms with E-state index in [0.717, 1.165) is 16.8 Å². The number of nitrogen functional groups attached to an aromatic ring is 1. The van der Waals surface area contributed by atoms with Crippen molar-refractivity contribution in [3.8, 4) is 0 Å². The summed E-state index contributed by atoms with van der Waals surface area (Å²) in [6.45, 7) is 17.3. The fourth-order valence-electron chi connectivity index (χ4n) is 4.43. The van der Waals surface area contributed by atoms with Crippen LogP contribution >= 0.6 is 0 Å². The molecule has 15 nitrogen and oxygen atoms in total. The number of ether oxygens (including phenoxy) is 2. The second-order valence-electron chi connectivity index (χ2n) is 13.2. The zero-order valence-electron chi connectivity index (χ0n) is 32.6. The number of carboxylic acid groups (broad SMARTS) is 1. The molecular weight excluding hydrogens is 712 g/mol. The number of alkyl carbamates (subject to hydrolysis) is 1. The Labute approximate surface area is 323 Å². The number of esters is 1. The Bertz CT molecular complexity index is 1530. The summed E-state index contributed by atoms with van der Waals surface area (Å²) in [5.41, 5.74) is 8.35. The fourth-order valence-corrected chi connectivity index (χ4v) is 4.43. The number of carboxylic acids is 1. The van der Waals surface area contributed by atoms with Gasteiger partial charge in [0.05, 0.1) is 31.6 Å². The molecule has 0 aliphatic carbocycles. The van der Waals surface area contributed by atoms with Crippen molar-refractivity contribution in [3.63, 3.8) is 0 Å². The van der Waals surface area contributed by atoms with Crippen LogP contribution in [0.5, 0.6) is 0 Å². The third-order valence-electron chi connectivity index (χ3n) is 7.76. The number of benzene rings is 2. The lowest BCUT2D eigenvalue weighted by atomic mass is 9.91. The van der Waals surface area contributed by atoms with Crippen molar-refractivity contribution in [1.82, 2.24) is 10.6 Å². The topological polar surface area (TPSA) is 244 Å². The highest BCUT2D eigenvalue weighted by Crippen LogP contribution is 2.17. The Balaban J connectivity index is 0.000000896. The number of rotatable bonds is 19. The van der Waals surface area contributed by atoms with Gasteiger partial charge in [-0.2, -0.15) is 0 Å². The van der Waals surface area contributed by atoms with E-state index in [0.29, 0.717) is 5.69 Å². The average molecular weight is 771 g/mol. The van der Waals surface area contributed by atoms with Gasteiger partial charge in [-0.25, -0.2) is 4.79 Å². The van der Waals surface area contributed by atoms with Crippen LogP contribution in [0.25, 0.3) is 0 Å². The Kier molecular flexibility index (Phi) is 24.4. The Morgan fingerprint density at radius 2 is 1.24 bits per heavy atom. The van der Waals surface area contributed by atoms with Crippen LogP contribution in [-0.4, -0.2) is 76.2 Å². The van der Waals surface area contributed by atoms with Crippen molar-refractivity contribution in [2.24, 2.45) is 23.7 Å². The molecule has 2 aromatic rings. The zero-order valence-corrected chi connectivity index (χ0v) is 32.6. The van der Waals surface area contributed by atoms with E-state index in [9.17, 15) is 28.8 Å². The highest BCUT2D eigenvalue weighted by molar-refractivity contribution is 5.97. The largest absolute Gasteiger partial charge is 0.480 e. The van der Waals surface area contributed by atoms with Crippen LogP contribution in [-0.2, 0) is 46.7 Å². The number of nitrogens with two attached hydrogens (primary N) is 1. The molecule has 4 atom stereocenters. The first-order valence-corrected chi connectivity index (χ1v) is 17.7. The molecule has 0 spiro atoms. The van der Waals surface area contributed by atoms with E-state index in [1.807, 2.05) is 13.8 Å². The molecule has 304 valence electrons. The van der Waals surface area contributed by atoms with Gasteiger partial charge in [-0.05, 0) is 54.2 Å². The van der Waals surface area contributed by atoms with E-state index in [2.05, 4.69) is 29.1 Å². The predicted octanol–water partition coefficient (Wildman–Crippen LogP) is 4.38. The summed E-state index contributed by atoms with van der Waals surface area (Å²) in [7, 11) is 0. The van der Waals surface area contributed by atoms with Gasteiger partial charge in [0, 0.05) is 23.7 Å². The minimum atomic E-state index is -1.12.